The lowest BCUT2D eigenvalue weighted by molar-refractivity contribution is 4.12. The average molecular weight is 106 g/mol. The molecule has 0 aliphatic carbocycles. The summed E-state index contributed by atoms with van der Waals surface area (Å²) in [5.41, 5.74) is 0. The van der Waals surface area contributed by atoms with E-state index in [1.54, 1.807) is 0 Å². The van der Waals surface area contributed by atoms with Crippen LogP contribution in [0.2, 0.25) is 0 Å². The fourth-order valence-corrected chi connectivity index (χ4v) is 0. The van der Waals surface area contributed by atoms with Gasteiger partial charge < -0.3 is 0 Å². The Balaban J connectivity index is 2.80. The van der Waals surface area contributed by atoms with Gasteiger partial charge in [0.1, 0.15) is 0 Å². The molecule has 4 heavy (non-hydrogen) atoms. The van der Waals surface area contributed by atoms with Crippen LogP contribution in [0.25, 0.3) is 0 Å². The molecule has 0 saturated carbocycles. The smallest absolute Gasteiger partial charge is 0.0585 e. The van der Waals surface area contributed by atoms with Crippen molar-refractivity contribution in [2.24, 2.45) is 0 Å². The number of thiol groups is 2. The molecule has 0 nitrogen and oxygen atoms in total. The molecule has 2 radical (unpaired) electrons. The zero-order valence-corrected chi connectivity index (χ0v) is 4.68. The van der Waals surface area contributed by atoms with E-state index in [0.717, 1.165) is 0 Å². The monoisotopic (exact) mass is 106 g/mol. The topological polar surface area (TPSA) is 0 Å². The highest BCUT2D eigenvalue weighted by Crippen LogP contribution is 1.76. The maximum atomic E-state index is 3.66. The summed E-state index contributed by atoms with van der Waals surface area (Å²) in [7, 11) is 2.96. The van der Waals surface area contributed by atoms with Crippen LogP contribution in [0, 0.1) is 0 Å². The van der Waals surface area contributed by atoms with Crippen LogP contribution in [-0.4, -0.2) is 13.7 Å². The second-order valence-electron chi connectivity index (χ2n) is 0.324. The molecule has 0 aromatic carbocycles. The summed E-state index contributed by atoms with van der Waals surface area (Å²) < 4.78 is 0.611. The summed E-state index contributed by atoms with van der Waals surface area (Å²) in [6.45, 7) is 0. The van der Waals surface area contributed by atoms with Crippen molar-refractivity contribution in [3.8, 4) is 0 Å². The van der Waals surface area contributed by atoms with Crippen molar-refractivity contribution in [3.63, 3.8) is 0 Å². The second-order valence-corrected chi connectivity index (χ2v) is 2.91. The molecule has 0 bridgehead atoms. The van der Waals surface area contributed by atoms with E-state index in [-0.39, 0.29) is 0 Å². The molecule has 3 heteroatoms. The molecule has 0 unspecified atom stereocenters. The minimum absolute atomic E-state index is 0.611. The summed E-state index contributed by atoms with van der Waals surface area (Å²) in [5.74, 6) is 0. The first-order valence-corrected chi connectivity index (χ1v) is 2.09. The standard InChI is InChI=1S/CH2S2Si/c2-1(3)4/h2-3H. The Labute approximate surface area is 39.5 Å². The number of rotatable bonds is 0. The van der Waals surface area contributed by atoms with Crippen molar-refractivity contribution < 1.29 is 0 Å². The summed E-state index contributed by atoms with van der Waals surface area (Å²) in [6.07, 6.45) is 0. The third-order valence-electron chi connectivity index (χ3n) is 0. The average Bonchev–Trinajstić information content (AvgIpc) is 0.811. The minimum atomic E-state index is 0.611. The first-order valence-electron chi connectivity index (χ1n) is 0.697. The predicted octanol–water partition coefficient (Wildman–Crippen LogP) is 0.102. The van der Waals surface area contributed by atoms with Gasteiger partial charge in [-0.2, -0.15) is 0 Å². The Kier molecular flexibility index (Phi) is 2.45. The van der Waals surface area contributed by atoms with Crippen LogP contribution in [0.15, 0.2) is 0 Å². The quantitative estimate of drug-likeness (QED) is 0.318. The fourth-order valence-electron chi connectivity index (χ4n) is 0. The van der Waals surface area contributed by atoms with Gasteiger partial charge in [-0.3, -0.25) is 0 Å². The van der Waals surface area contributed by atoms with Gasteiger partial charge >= 0.3 is 0 Å². The Morgan fingerprint density at radius 3 is 1.50 bits per heavy atom. The summed E-state index contributed by atoms with van der Waals surface area (Å²) >= 11 is 7.32. The van der Waals surface area contributed by atoms with Crippen molar-refractivity contribution in [2.75, 3.05) is 0 Å². The van der Waals surface area contributed by atoms with Gasteiger partial charge in [-0.15, -0.1) is 25.3 Å². The van der Waals surface area contributed by atoms with Crippen LogP contribution >= 0.6 is 25.3 Å². The van der Waals surface area contributed by atoms with Gasteiger partial charge in [-0.1, -0.05) is 0 Å². The van der Waals surface area contributed by atoms with Crippen LogP contribution in [0.1, 0.15) is 0 Å². The highest BCUT2D eigenvalue weighted by atomic mass is 32.2. The van der Waals surface area contributed by atoms with Crippen molar-refractivity contribution in [1.29, 1.82) is 0 Å². The van der Waals surface area contributed by atoms with Gasteiger partial charge in [0, 0.05) is 3.83 Å². The Morgan fingerprint density at radius 2 is 1.50 bits per heavy atom. The number of hydrogen-bond donors (Lipinski definition) is 2. The molecule has 0 saturated heterocycles. The molecule has 0 heterocycles. The van der Waals surface area contributed by atoms with Gasteiger partial charge in [0.25, 0.3) is 0 Å². The van der Waals surface area contributed by atoms with Crippen molar-refractivity contribution in [3.05, 3.63) is 0 Å². The molecule has 0 aromatic heterocycles. The van der Waals surface area contributed by atoms with E-state index in [0.29, 0.717) is 3.83 Å². The molecule has 0 aliphatic heterocycles. The van der Waals surface area contributed by atoms with Gasteiger partial charge in [-0.25, -0.2) is 0 Å². The molecule has 0 N–H and O–H groups in total. The predicted molar refractivity (Wildman–Crippen MR) is 28.7 cm³/mol. The highest BCUT2D eigenvalue weighted by molar-refractivity contribution is 8.25. The maximum Gasteiger partial charge on any atom is 0.0585 e. The zero-order valence-electron chi connectivity index (χ0n) is 1.89. The van der Waals surface area contributed by atoms with E-state index in [9.17, 15) is 0 Å². The Hall–Kier alpha value is 0.787. The van der Waals surface area contributed by atoms with E-state index in [2.05, 4.69) is 35.1 Å². The largest absolute Gasteiger partial charge is 0.142 e. The third kappa shape index (κ3) is 14.4. The molecule has 0 aliphatic rings. The maximum absolute atomic E-state index is 3.66. The Bertz CT molecular complexity index is 29.0. The van der Waals surface area contributed by atoms with Crippen LogP contribution in [0.5, 0.6) is 0 Å². The first-order chi connectivity index (χ1) is 1.73. The molecule has 0 aromatic rings. The van der Waals surface area contributed by atoms with E-state index >= 15 is 0 Å². The zero-order chi connectivity index (χ0) is 3.58. The molecule has 22 valence electrons. The van der Waals surface area contributed by atoms with Crippen molar-refractivity contribution in [2.45, 2.75) is 0 Å². The van der Waals surface area contributed by atoms with Gasteiger partial charge in [0.2, 0.25) is 0 Å². The van der Waals surface area contributed by atoms with Gasteiger partial charge in [-0.05, 0) is 0 Å². The molecule has 0 spiro atoms. The SMILES string of the molecule is [Si]=C(S)S. The third-order valence-corrected chi connectivity index (χ3v) is 0. The van der Waals surface area contributed by atoms with Gasteiger partial charge in [0.15, 0.2) is 0 Å². The van der Waals surface area contributed by atoms with E-state index < -0.39 is 0 Å². The summed E-state index contributed by atoms with van der Waals surface area (Å²) in [6, 6.07) is 0. The van der Waals surface area contributed by atoms with E-state index in [1.807, 2.05) is 0 Å². The van der Waals surface area contributed by atoms with E-state index in [4.69, 9.17) is 0 Å². The second kappa shape index (κ2) is 2.05. The van der Waals surface area contributed by atoms with Crippen molar-refractivity contribution in [1.82, 2.24) is 0 Å². The summed E-state index contributed by atoms with van der Waals surface area (Å²) in [4.78, 5) is 0. The minimum Gasteiger partial charge on any atom is -0.142 e. The summed E-state index contributed by atoms with van der Waals surface area (Å²) in [5, 5.41) is 0. The lowest BCUT2D eigenvalue weighted by Gasteiger charge is -1.63. The molecule has 0 rings (SSSR count). The molecule has 0 atom stereocenters. The Morgan fingerprint density at radius 1 is 1.50 bits per heavy atom. The molecular weight excluding hydrogens is 104 g/mol. The normalized spacial score (nSPS) is 6.50. The van der Waals surface area contributed by atoms with E-state index in [1.165, 1.54) is 0 Å². The fraction of sp³-hybridized carbons (Fsp3) is 0. The highest BCUT2D eigenvalue weighted by Gasteiger charge is 1.54. The molecule has 0 fully saturated rings. The number of hydrogen-bond acceptors (Lipinski definition) is 2. The lowest BCUT2D eigenvalue weighted by Crippen LogP contribution is -1.59. The van der Waals surface area contributed by atoms with Crippen LogP contribution in [0.3, 0.4) is 0 Å². The van der Waals surface area contributed by atoms with Crippen LogP contribution < -0.4 is 0 Å². The van der Waals surface area contributed by atoms with Gasteiger partial charge in [0.05, 0.1) is 9.85 Å². The van der Waals surface area contributed by atoms with Crippen molar-refractivity contribution >= 4 is 38.9 Å². The van der Waals surface area contributed by atoms with Crippen LogP contribution in [-0.2, 0) is 0 Å². The molecular formula is CH2S2Si. The van der Waals surface area contributed by atoms with Crippen LogP contribution in [0.4, 0.5) is 0 Å². The lowest BCUT2D eigenvalue weighted by atomic mass is 11.9. The first kappa shape index (κ1) is 4.79. The molecule has 0 amide bonds.